The zero-order valence-corrected chi connectivity index (χ0v) is 8.76. The average molecular weight is 210 g/mol. The van der Waals surface area contributed by atoms with Gasteiger partial charge in [0, 0.05) is 12.2 Å². The van der Waals surface area contributed by atoms with Crippen molar-refractivity contribution in [2.24, 2.45) is 0 Å². The van der Waals surface area contributed by atoms with Gasteiger partial charge in [0.15, 0.2) is 0 Å². The molecule has 0 saturated carbocycles. The van der Waals surface area contributed by atoms with E-state index in [9.17, 15) is 4.79 Å². The molecule has 0 fully saturated rings. The fourth-order valence-corrected chi connectivity index (χ4v) is 1.24. The van der Waals surface area contributed by atoms with Crippen molar-refractivity contribution in [3.05, 3.63) is 29.8 Å². The molecule has 4 heteroatoms. The molecule has 0 bridgehead atoms. The molecule has 0 spiro atoms. The smallest absolute Gasteiger partial charge is 0.253 e. The number of amides is 1. The Labute approximate surface area is 89.1 Å². The van der Waals surface area contributed by atoms with E-state index in [1.165, 1.54) is 0 Å². The van der Waals surface area contributed by atoms with Crippen molar-refractivity contribution >= 4 is 24.2 Å². The van der Waals surface area contributed by atoms with Crippen molar-refractivity contribution in [2.75, 3.05) is 18.0 Å². The molecule has 0 atom stereocenters. The maximum absolute atomic E-state index is 11.5. The van der Waals surface area contributed by atoms with Gasteiger partial charge < -0.3 is 11.1 Å². The molecular formula is C10H14N2OS. The lowest BCUT2D eigenvalue weighted by molar-refractivity contribution is 0.0954. The third-order valence-corrected chi connectivity index (χ3v) is 2.14. The van der Waals surface area contributed by atoms with Gasteiger partial charge >= 0.3 is 0 Å². The molecule has 0 unspecified atom stereocenters. The summed E-state index contributed by atoms with van der Waals surface area (Å²) in [5, 5.41) is 2.77. The van der Waals surface area contributed by atoms with Crippen LogP contribution in [0.2, 0.25) is 0 Å². The number of thiol groups is 1. The Morgan fingerprint density at radius 1 is 1.43 bits per heavy atom. The summed E-state index contributed by atoms with van der Waals surface area (Å²) in [6, 6.07) is 7.03. The second kappa shape index (κ2) is 5.54. The first-order chi connectivity index (χ1) is 6.75. The van der Waals surface area contributed by atoms with Crippen molar-refractivity contribution in [1.82, 2.24) is 5.32 Å². The first kappa shape index (κ1) is 10.9. The van der Waals surface area contributed by atoms with Gasteiger partial charge in [-0.2, -0.15) is 12.6 Å². The Morgan fingerprint density at radius 3 is 2.79 bits per heavy atom. The van der Waals surface area contributed by atoms with Crippen molar-refractivity contribution in [2.45, 2.75) is 6.42 Å². The Hall–Kier alpha value is -1.16. The minimum Gasteiger partial charge on any atom is -0.398 e. The predicted octanol–water partition coefficient (Wildman–Crippen LogP) is 1.32. The maximum atomic E-state index is 11.5. The number of anilines is 1. The van der Waals surface area contributed by atoms with Crippen molar-refractivity contribution in [3.63, 3.8) is 0 Å². The highest BCUT2D eigenvalue weighted by Crippen LogP contribution is 2.09. The van der Waals surface area contributed by atoms with Crippen LogP contribution >= 0.6 is 12.6 Å². The number of nitrogens with one attached hydrogen (secondary N) is 1. The van der Waals surface area contributed by atoms with Crippen molar-refractivity contribution in [3.8, 4) is 0 Å². The fraction of sp³-hybridized carbons (Fsp3) is 0.300. The van der Waals surface area contributed by atoms with E-state index < -0.39 is 0 Å². The highest BCUT2D eigenvalue weighted by atomic mass is 32.1. The summed E-state index contributed by atoms with van der Waals surface area (Å²) in [5.74, 6) is 0.648. The molecule has 1 amide bonds. The van der Waals surface area contributed by atoms with Gasteiger partial charge in [-0.25, -0.2) is 0 Å². The Balaban J connectivity index is 2.56. The Morgan fingerprint density at radius 2 is 2.14 bits per heavy atom. The van der Waals surface area contributed by atoms with Crippen LogP contribution in [-0.2, 0) is 0 Å². The number of rotatable bonds is 4. The molecule has 1 aromatic rings. The van der Waals surface area contributed by atoms with Gasteiger partial charge in [0.2, 0.25) is 0 Å². The SMILES string of the molecule is Nc1ccccc1C(=O)NCCCS. The van der Waals surface area contributed by atoms with Gasteiger partial charge in [-0.1, -0.05) is 12.1 Å². The van der Waals surface area contributed by atoms with Crippen LogP contribution in [0.25, 0.3) is 0 Å². The minimum absolute atomic E-state index is 0.120. The highest BCUT2D eigenvalue weighted by Gasteiger charge is 2.06. The first-order valence-electron chi connectivity index (χ1n) is 4.49. The topological polar surface area (TPSA) is 55.1 Å². The van der Waals surface area contributed by atoms with Crippen LogP contribution in [0.5, 0.6) is 0 Å². The number of hydrogen-bond donors (Lipinski definition) is 3. The number of carbonyl (C=O) groups excluding carboxylic acids is 1. The van der Waals surface area contributed by atoms with E-state index in [1.807, 2.05) is 0 Å². The standard InChI is InChI=1S/C10H14N2OS/c11-9-5-2-1-4-8(9)10(13)12-6-3-7-14/h1-2,4-5,14H,3,6-7,11H2,(H,12,13). The number of benzene rings is 1. The van der Waals surface area contributed by atoms with Crippen LogP contribution < -0.4 is 11.1 Å². The maximum Gasteiger partial charge on any atom is 0.253 e. The van der Waals surface area contributed by atoms with Gasteiger partial charge in [0.05, 0.1) is 5.56 Å². The van der Waals surface area contributed by atoms with Gasteiger partial charge in [-0.15, -0.1) is 0 Å². The lowest BCUT2D eigenvalue weighted by Gasteiger charge is -2.05. The average Bonchev–Trinajstić information content (AvgIpc) is 2.18. The van der Waals surface area contributed by atoms with E-state index in [0.717, 1.165) is 12.2 Å². The largest absolute Gasteiger partial charge is 0.398 e. The van der Waals surface area contributed by atoms with E-state index in [4.69, 9.17) is 5.73 Å². The quantitative estimate of drug-likeness (QED) is 0.399. The van der Waals surface area contributed by atoms with Crippen LogP contribution in [0.15, 0.2) is 24.3 Å². The monoisotopic (exact) mass is 210 g/mol. The molecule has 14 heavy (non-hydrogen) atoms. The molecule has 0 saturated heterocycles. The molecule has 0 aromatic heterocycles. The highest BCUT2D eigenvalue weighted by molar-refractivity contribution is 7.80. The molecule has 0 aliphatic rings. The number of carbonyl (C=O) groups is 1. The number of nitrogens with two attached hydrogens (primary N) is 1. The van der Waals surface area contributed by atoms with E-state index in [0.29, 0.717) is 17.8 Å². The summed E-state index contributed by atoms with van der Waals surface area (Å²) in [4.78, 5) is 11.5. The summed E-state index contributed by atoms with van der Waals surface area (Å²) >= 11 is 4.05. The molecule has 1 aromatic carbocycles. The van der Waals surface area contributed by atoms with Gasteiger partial charge in [0.25, 0.3) is 5.91 Å². The normalized spacial score (nSPS) is 9.79. The summed E-state index contributed by atoms with van der Waals surface area (Å²) < 4.78 is 0. The first-order valence-corrected chi connectivity index (χ1v) is 5.12. The van der Waals surface area contributed by atoms with E-state index in [1.54, 1.807) is 24.3 Å². The molecule has 0 radical (unpaired) electrons. The summed E-state index contributed by atoms with van der Waals surface area (Å²) in [7, 11) is 0. The minimum atomic E-state index is -0.120. The molecule has 1 rings (SSSR count). The number of para-hydroxylation sites is 1. The Kier molecular flexibility index (Phi) is 4.32. The third kappa shape index (κ3) is 2.96. The summed E-state index contributed by atoms with van der Waals surface area (Å²) in [5.41, 5.74) is 6.69. The van der Waals surface area contributed by atoms with E-state index in [-0.39, 0.29) is 5.91 Å². The molecule has 0 aliphatic heterocycles. The molecule has 3 nitrogen and oxygen atoms in total. The molecule has 0 aliphatic carbocycles. The Bertz CT molecular complexity index is 315. The number of nitrogen functional groups attached to an aromatic ring is 1. The molecular weight excluding hydrogens is 196 g/mol. The van der Waals surface area contributed by atoms with Gasteiger partial charge in [-0.05, 0) is 24.3 Å². The zero-order chi connectivity index (χ0) is 10.4. The van der Waals surface area contributed by atoms with Crippen LogP contribution in [-0.4, -0.2) is 18.2 Å². The molecule has 0 heterocycles. The predicted molar refractivity (Wildman–Crippen MR) is 61.7 cm³/mol. The van der Waals surface area contributed by atoms with Crippen LogP contribution in [0.1, 0.15) is 16.8 Å². The van der Waals surface area contributed by atoms with E-state index >= 15 is 0 Å². The van der Waals surface area contributed by atoms with Crippen LogP contribution in [0.3, 0.4) is 0 Å². The number of hydrogen-bond acceptors (Lipinski definition) is 3. The lowest BCUT2D eigenvalue weighted by Crippen LogP contribution is -2.25. The van der Waals surface area contributed by atoms with E-state index in [2.05, 4.69) is 17.9 Å². The van der Waals surface area contributed by atoms with Crippen LogP contribution in [0.4, 0.5) is 5.69 Å². The van der Waals surface area contributed by atoms with Crippen molar-refractivity contribution in [1.29, 1.82) is 0 Å². The second-order valence-electron chi connectivity index (χ2n) is 2.92. The van der Waals surface area contributed by atoms with Crippen LogP contribution in [0, 0.1) is 0 Å². The van der Waals surface area contributed by atoms with Gasteiger partial charge in [-0.3, -0.25) is 4.79 Å². The summed E-state index contributed by atoms with van der Waals surface area (Å²) in [6.07, 6.45) is 0.863. The fourth-order valence-electron chi connectivity index (χ4n) is 1.08. The van der Waals surface area contributed by atoms with Crippen molar-refractivity contribution < 1.29 is 4.79 Å². The molecule has 76 valence electrons. The molecule has 3 N–H and O–H groups in total. The van der Waals surface area contributed by atoms with Gasteiger partial charge in [0.1, 0.15) is 0 Å². The summed E-state index contributed by atoms with van der Waals surface area (Å²) in [6.45, 7) is 0.636. The zero-order valence-electron chi connectivity index (χ0n) is 7.86. The lowest BCUT2D eigenvalue weighted by atomic mass is 10.1. The third-order valence-electron chi connectivity index (χ3n) is 1.83. The second-order valence-corrected chi connectivity index (χ2v) is 3.37.